The highest BCUT2D eigenvalue weighted by Gasteiger charge is 2.19. The maximum atomic E-state index is 12.9. The van der Waals surface area contributed by atoms with Crippen molar-refractivity contribution in [3.8, 4) is 0 Å². The van der Waals surface area contributed by atoms with Gasteiger partial charge in [-0.05, 0) is 31.5 Å². The van der Waals surface area contributed by atoms with Gasteiger partial charge in [-0.25, -0.2) is 13.1 Å². The number of carbonyl (C=O) groups excluding carboxylic acids is 1. The van der Waals surface area contributed by atoms with Crippen LogP contribution in [0, 0.1) is 6.92 Å². The Morgan fingerprint density at radius 1 is 1.31 bits per heavy atom. The zero-order valence-electron chi connectivity index (χ0n) is 14.5. The molecule has 0 unspecified atom stereocenters. The number of aromatic nitrogens is 4. The van der Waals surface area contributed by atoms with Crippen molar-refractivity contribution in [2.75, 3.05) is 17.5 Å². The van der Waals surface area contributed by atoms with Gasteiger partial charge < -0.3 is 5.73 Å². The molecule has 0 atom stereocenters. The molecule has 2 heterocycles. The number of nitrogens with zero attached hydrogens (tertiary/aromatic N) is 4. The lowest BCUT2D eigenvalue weighted by Gasteiger charge is -2.07. The van der Waals surface area contributed by atoms with Crippen LogP contribution in [-0.4, -0.2) is 46.7 Å². The van der Waals surface area contributed by atoms with E-state index in [2.05, 4.69) is 15.0 Å². The molecule has 0 fully saturated rings. The summed E-state index contributed by atoms with van der Waals surface area (Å²) in [5.41, 5.74) is 8.42. The number of carbonyl (C=O) groups is 1. The van der Waals surface area contributed by atoms with Crippen LogP contribution in [-0.2, 0) is 23.0 Å². The molecule has 3 rings (SSSR count). The van der Waals surface area contributed by atoms with E-state index in [1.807, 2.05) is 31.2 Å². The van der Waals surface area contributed by atoms with E-state index < -0.39 is 10.0 Å². The molecule has 138 valence electrons. The van der Waals surface area contributed by atoms with E-state index in [4.69, 9.17) is 5.73 Å². The van der Waals surface area contributed by atoms with Crippen molar-refractivity contribution in [3.63, 3.8) is 0 Å². The average molecular weight is 376 g/mol. The summed E-state index contributed by atoms with van der Waals surface area (Å²) in [6.07, 6.45) is 3.07. The first-order chi connectivity index (χ1) is 12.3. The van der Waals surface area contributed by atoms with Crippen molar-refractivity contribution in [1.29, 1.82) is 0 Å². The van der Waals surface area contributed by atoms with Gasteiger partial charge in [0.25, 0.3) is 5.91 Å². The minimum Gasteiger partial charge on any atom is -0.330 e. The first kappa shape index (κ1) is 18.1. The van der Waals surface area contributed by atoms with Crippen molar-refractivity contribution in [1.82, 2.24) is 19.6 Å². The molecule has 0 saturated carbocycles. The molecule has 2 aromatic heterocycles. The van der Waals surface area contributed by atoms with E-state index in [9.17, 15) is 13.2 Å². The van der Waals surface area contributed by atoms with E-state index in [1.165, 1.54) is 10.9 Å². The quantitative estimate of drug-likeness (QED) is 0.654. The molecule has 1 aromatic carbocycles. The van der Waals surface area contributed by atoms with E-state index in [0.29, 0.717) is 13.0 Å². The second-order valence-electron chi connectivity index (χ2n) is 6.02. The summed E-state index contributed by atoms with van der Waals surface area (Å²) in [6, 6.07) is 7.66. The normalized spacial score (nSPS) is 11.8. The summed E-state index contributed by atoms with van der Waals surface area (Å²) in [7, 11) is -3.45. The summed E-state index contributed by atoms with van der Waals surface area (Å²) < 4.78 is 27.6. The molecule has 3 aromatic rings. The summed E-state index contributed by atoms with van der Waals surface area (Å²) in [5.74, 6) is -0.129. The minimum absolute atomic E-state index is 0.0678. The SMILES string of the molecule is Cc1c(CCN)c2ccccc2n1C(=O)Cn1cc(NS(C)(=O)=O)nn1. The largest absolute Gasteiger partial charge is 0.330 e. The van der Waals surface area contributed by atoms with Gasteiger partial charge in [0.05, 0.1) is 18.0 Å². The topological polar surface area (TPSA) is 125 Å². The fourth-order valence-corrected chi connectivity index (χ4v) is 3.51. The van der Waals surface area contributed by atoms with Gasteiger partial charge in [-0.3, -0.25) is 14.1 Å². The lowest BCUT2D eigenvalue weighted by Crippen LogP contribution is -2.19. The lowest BCUT2D eigenvalue weighted by molar-refractivity contribution is 0.0889. The number of benzene rings is 1. The van der Waals surface area contributed by atoms with Gasteiger partial charge >= 0.3 is 0 Å². The molecule has 0 saturated heterocycles. The van der Waals surface area contributed by atoms with Gasteiger partial charge in [-0.1, -0.05) is 23.4 Å². The number of anilines is 1. The number of para-hydroxylation sites is 1. The Hall–Kier alpha value is -2.72. The van der Waals surface area contributed by atoms with Gasteiger partial charge in [0, 0.05) is 11.1 Å². The minimum atomic E-state index is -3.45. The first-order valence-electron chi connectivity index (χ1n) is 8.00. The number of nitrogens with two attached hydrogens (primary N) is 1. The summed E-state index contributed by atoms with van der Waals surface area (Å²) >= 11 is 0. The van der Waals surface area contributed by atoms with Crippen LogP contribution in [0.25, 0.3) is 10.9 Å². The van der Waals surface area contributed by atoms with Crippen LogP contribution in [0.15, 0.2) is 30.5 Å². The van der Waals surface area contributed by atoms with Crippen LogP contribution in [0.3, 0.4) is 0 Å². The molecular weight excluding hydrogens is 356 g/mol. The Labute approximate surface area is 150 Å². The van der Waals surface area contributed by atoms with Crippen molar-refractivity contribution in [3.05, 3.63) is 41.7 Å². The Balaban J connectivity index is 1.92. The summed E-state index contributed by atoms with van der Waals surface area (Å²) in [6.45, 7) is 2.31. The van der Waals surface area contributed by atoms with Crippen molar-refractivity contribution < 1.29 is 13.2 Å². The van der Waals surface area contributed by atoms with Crippen LogP contribution < -0.4 is 10.5 Å². The van der Waals surface area contributed by atoms with Gasteiger partial charge in [-0.2, -0.15) is 0 Å². The first-order valence-corrected chi connectivity index (χ1v) is 9.89. The van der Waals surface area contributed by atoms with Crippen LogP contribution in [0.4, 0.5) is 5.82 Å². The molecule has 0 aliphatic heterocycles. The molecule has 0 aliphatic carbocycles. The standard InChI is InChI=1S/C16H20N6O3S/c1-11-12(7-8-17)13-5-3-4-6-14(13)22(11)16(23)10-21-9-15(18-20-21)19-26(2,24)25/h3-6,9,19H,7-8,10,17H2,1-2H3. The van der Waals surface area contributed by atoms with Crippen molar-refractivity contribution in [2.24, 2.45) is 5.73 Å². The van der Waals surface area contributed by atoms with Gasteiger partial charge in [-0.15, -0.1) is 5.10 Å². The average Bonchev–Trinajstić information content (AvgIpc) is 3.09. The molecule has 0 aliphatic rings. The monoisotopic (exact) mass is 376 g/mol. The third-order valence-electron chi connectivity index (χ3n) is 4.01. The maximum Gasteiger partial charge on any atom is 0.253 e. The predicted octanol–water partition coefficient (Wildman–Crippen LogP) is 0.754. The molecule has 10 heteroatoms. The molecule has 0 amide bonds. The number of hydrogen-bond donors (Lipinski definition) is 2. The number of sulfonamides is 1. The van der Waals surface area contributed by atoms with E-state index in [0.717, 1.165) is 28.4 Å². The van der Waals surface area contributed by atoms with Crippen LogP contribution >= 0.6 is 0 Å². The molecule has 9 nitrogen and oxygen atoms in total. The Bertz CT molecular complexity index is 1070. The van der Waals surface area contributed by atoms with Crippen molar-refractivity contribution in [2.45, 2.75) is 19.9 Å². The molecule has 0 radical (unpaired) electrons. The highest BCUT2D eigenvalue weighted by molar-refractivity contribution is 7.92. The zero-order chi connectivity index (χ0) is 18.9. The molecule has 26 heavy (non-hydrogen) atoms. The molecule has 3 N–H and O–H groups in total. The van der Waals surface area contributed by atoms with Crippen molar-refractivity contribution >= 4 is 32.7 Å². The fraction of sp³-hybridized carbons (Fsp3) is 0.312. The lowest BCUT2D eigenvalue weighted by atomic mass is 10.1. The second kappa shape index (κ2) is 6.89. The number of fused-ring (bicyclic) bond motifs is 1. The van der Waals surface area contributed by atoms with E-state index in [-0.39, 0.29) is 18.3 Å². The highest BCUT2D eigenvalue weighted by atomic mass is 32.2. The second-order valence-corrected chi connectivity index (χ2v) is 7.77. The van der Waals surface area contributed by atoms with Gasteiger partial charge in [0.2, 0.25) is 10.0 Å². The smallest absolute Gasteiger partial charge is 0.253 e. The number of hydrogen-bond acceptors (Lipinski definition) is 6. The molecular formula is C16H20N6O3S. The summed E-state index contributed by atoms with van der Waals surface area (Å²) in [4.78, 5) is 12.9. The van der Waals surface area contributed by atoms with Crippen LogP contribution in [0.2, 0.25) is 0 Å². The van der Waals surface area contributed by atoms with E-state index >= 15 is 0 Å². The Kier molecular flexibility index (Phi) is 4.79. The summed E-state index contributed by atoms with van der Waals surface area (Å²) in [5, 5.41) is 8.52. The van der Waals surface area contributed by atoms with E-state index in [1.54, 1.807) is 4.57 Å². The zero-order valence-corrected chi connectivity index (χ0v) is 15.3. The Morgan fingerprint density at radius 3 is 2.73 bits per heavy atom. The van der Waals surface area contributed by atoms with Crippen LogP contribution in [0.1, 0.15) is 16.1 Å². The third-order valence-corrected chi connectivity index (χ3v) is 4.59. The number of rotatable bonds is 6. The fourth-order valence-electron chi connectivity index (χ4n) is 3.04. The third kappa shape index (κ3) is 3.60. The molecule has 0 spiro atoms. The Morgan fingerprint density at radius 2 is 2.04 bits per heavy atom. The number of nitrogens with one attached hydrogen (secondary N) is 1. The highest BCUT2D eigenvalue weighted by Crippen LogP contribution is 2.26. The van der Waals surface area contributed by atoms with Crippen LogP contribution in [0.5, 0.6) is 0 Å². The van der Waals surface area contributed by atoms with Gasteiger partial charge in [0.15, 0.2) is 5.82 Å². The van der Waals surface area contributed by atoms with Gasteiger partial charge in [0.1, 0.15) is 6.54 Å². The maximum absolute atomic E-state index is 12.9. The predicted molar refractivity (Wildman–Crippen MR) is 98.5 cm³/mol. The molecule has 0 bridgehead atoms.